The van der Waals surface area contributed by atoms with Crippen LogP contribution in [-0.2, 0) is 6.18 Å². The van der Waals surface area contributed by atoms with Crippen molar-refractivity contribution in [2.45, 2.75) is 12.3 Å². The van der Waals surface area contributed by atoms with Crippen LogP contribution < -0.4 is 0 Å². The third-order valence-corrected chi connectivity index (χ3v) is 5.15. The van der Waals surface area contributed by atoms with Crippen LogP contribution in [0, 0.1) is 11.3 Å². The molecule has 0 saturated carbocycles. The predicted octanol–water partition coefficient (Wildman–Crippen LogP) is 4.42. The molecule has 1 atom stereocenters. The van der Waals surface area contributed by atoms with Gasteiger partial charge >= 0.3 is 12.1 Å². The lowest BCUT2D eigenvalue weighted by molar-refractivity contribution is -0.325. The van der Waals surface area contributed by atoms with Gasteiger partial charge in [-0.05, 0) is 35.9 Å². The maximum atomic E-state index is 13.4. The number of benzene rings is 2. The topological polar surface area (TPSA) is 94.8 Å². The number of carbonyl (C=O) groups excluding carboxylic acids is 1. The third-order valence-electron chi connectivity index (χ3n) is 5.15. The van der Waals surface area contributed by atoms with Crippen LogP contribution in [0.1, 0.15) is 39.1 Å². The number of carbonyl (C=O) groups is 1. The molecule has 174 valence electrons. The van der Waals surface area contributed by atoms with Crippen molar-refractivity contribution < 1.29 is 27.6 Å². The fourth-order valence-corrected chi connectivity index (χ4v) is 3.40. The number of nitriles is 1. The molecule has 4 rings (SSSR count). The number of aliphatic hydroxyl groups is 1. The van der Waals surface area contributed by atoms with Crippen molar-refractivity contribution in [1.29, 1.82) is 5.26 Å². The molecule has 2 aromatic heterocycles. The minimum absolute atomic E-state index is 0.107. The van der Waals surface area contributed by atoms with Crippen molar-refractivity contribution in [3.63, 3.8) is 0 Å². The summed E-state index contributed by atoms with van der Waals surface area (Å²) in [5.74, 6) is -0.875. The van der Waals surface area contributed by atoms with Gasteiger partial charge in [0.1, 0.15) is 12.8 Å². The smallest absolute Gasteiger partial charge is 0.382 e. The van der Waals surface area contributed by atoms with Gasteiger partial charge in [-0.15, -0.1) is 4.58 Å². The van der Waals surface area contributed by atoms with Gasteiger partial charge in [0.25, 0.3) is 0 Å². The highest BCUT2D eigenvalue weighted by molar-refractivity contribution is 5.89. The summed E-state index contributed by atoms with van der Waals surface area (Å²) in [5.41, 5.74) is -0.349. The van der Waals surface area contributed by atoms with E-state index in [9.17, 15) is 23.1 Å². The first-order valence-electron chi connectivity index (χ1n) is 10.2. The van der Waals surface area contributed by atoms with Crippen molar-refractivity contribution in [2.75, 3.05) is 0 Å². The van der Waals surface area contributed by atoms with E-state index in [1.165, 1.54) is 42.6 Å². The van der Waals surface area contributed by atoms with Crippen LogP contribution in [0.4, 0.5) is 18.9 Å². The Balaban J connectivity index is 1.73. The Kier molecular flexibility index (Phi) is 6.27. The van der Waals surface area contributed by atoms with Crippen LogP contribution >= 0.6 is 0 Å². The minimum atomic E-state index is -4.80. The first kappa shape index (κ1) is 23.5. The number of aliphatic hydroxyl groups excluding tert-OH is 1. The van der Waals surface area contributed by atoms with Gasteiger partial charge in [-0.2, -0.15) is 23.5 Å². The zero-order valence-electron chi connectivity index (χ0n) is 18.0. The van der Waals surface area contributed by atoms with Crippen LogP contribution in [0.2, 0.25) is 0 Å². The van der Waals surface area contributed by atoms with E-state index in [1.807, 2.05) is 6.07 Å². The van der Waals surface area contributed by atoms with E-state index in [4.69, 9.17) is 5.26 Å². The van der Waals surface area contributed by atoms with Crippen LogP contribution in [0.15, 0.2) is 79.0 Å². The highest BCUT2D eigenvalue weighted by atomic mass is 19.4. The quantitative estimate of drug-likeness (QED) is 0.340. The average Bonchev–Trinajstić information content (AvgIpc) is 3.34. The van der Waals surface area contributed by atoms with Crippen molar-refractivity contribution in [3.05, 3.63) is 107 Å². The summed E-state index contributed by atoms with van der Waals surface area (Å²) in [6, 6.07) is 19.5. The summed E-state index contributed by atoms with van der Waals surface area (Å²) in [4.78, 5) is 17.4. The van der Waals surface area contributed by atoms with Gasteiger partial charge in [0, 0.05) is 24.4 Å². The van der Waals surface area contributed by atoms with Crippen molar-refractivity contribution in [3.8, 4) is 11.8 Å². The summed E-state index contributed by atoms with van der Waals surface area (Å²) >= 11 is 0. The summed E-state index contributed by atoms with van der Waals surface area (Å²) < 4.78 is 42.0. The summed E-state index contributed by atoms with van der Waals surface area (Å²) in [7, 11) is 0. The van der Waals surface area contributed by atoms with Crippen molar-refractivity contribution >= 4 is 18.3 Å². The zero-order valence-corrected chi connectivity index (χ0v) is 18.0. The SMILES string of the molecule is C=[N+](C(=O)c1cc(C(F)(F)F)nn1-c1cccc(C#N)c1)c1cccc(C(O)c2ccccn2)c1. The Morgan fingerprint density at radius 3 is 2.54 bits per heavy atom. The summed E-state index contributed by atoms with van der Waals surface area (Å²) in [6.45, 7) is 3.71. The number of rotatable bonds is 5. The van der Waals surface area contributed by atoms with Gasteiger partial charge in [0.05, 0.1) is 23.0 Å². The lowest BCUT2D eigenvalue weighted by Crippen LogP contribution is -2.19. The Hall–Kier alpha value is -4.62. The van der Waals surface area contributed by atoms with E-state index in [0.717, 1.165) is 9.26 Å². The molecule has 0 aliphatic heterocycles. The van der Waals surface area contributed by atoms with Gasteiger partial charge in [-0.3, -0.25) is 4.98 Å². The second kappa shape index (κ2) is 9.32. The molecule has 0 spiro atoms. The van der Waals surface area contributed by atoms with Gasteiger partial charge in [-0.1, -0.05) is 24.3 Å². The van der Waals surface area contributed by atoms with E-state index in [-0.39, 0.29) is 16.9 Å². The van der Waals surface area contributed by atoms with E-state index in [1.54, 1.807) is 30.3 Å². The van der Waals surface area contributed by atoms with Crippen LogP contribution in [0.3, 0.4) is 0 Å². The Morgan fingerprint density at radius 1 is 1.09 bits per heavy atom. The molecule has 1 N–H and O–H groups in total. The number of alkyl halides is 3. The predicted molar refractivity (Wildman–Crippen MR) is 119 cm³/mol. The highest BCUT2D eigenvalue weighted by Crippen LogP contribution is 2.31. The molecule has 2 heterocycles. The molecule has 7 nitrogen and oxygen atoms in total. The first-order valence-corrected chi connectivity index (χ1v) is 10.2. The van der Waals surface area contributed by atoms with Gasteiger partial charge < -0.3 is 5.11 Å². The molecule has 10 heteroatoms. The molecule has 1 unspecified atom stereocenters. The monoisotopic (exact) mass is 476 g/mol. The fourth-order valence-electron chi connectivity index (χ4n) is 3.40. The molecule has 0 fully saturated rings. The number of hydrogen-bond acceptors (Lipinski definition) is 5. The Bertz CT molecular complexity index is 1460. The third kappa shape index (κ3) is 4.85. The zero-order chi connectivity index (χ0) is 25.2. The van der Waals surface area contributed by atoms with Crippen LogP contribution in [0.25, 0.3) is 5.69 Å². The fraction of sp³-hybridized carbons (Fsp3) is 0.0800. The number of nitrogens with zero attached hydrogens (tertiary/aromatic N) is 5. The van der Waals surface area contributed by atoms with Gasteiger partial charge in [-0.25, -0.2) is 9.48 Å². The van der Waals surface area contributed by atoms with Crippen molar-refractivity contribution in [1.82, 2.24) is 14.8 Å². The molecule has 0 bridgehead atoms. The molecular weight excluding hydrogens is 459 g/mol. The molecule has 0 saturated heterocycles. The molecule has 0 radical (unpaired) electrons. The maximum Gasteiger partial charge on any atom is 0.443 e. The van der Waals surface area contributed by atoms with Crippen LogP contribution in [-0.4, -0.2) is 37.1 Å². The van der Waals surface area contributed by atoms with Crippen LogP contribution in [0.5, 0.6) is 0 Å². The van der Waals surface area contributed by atoms with E-state index in [0.29, 0.717) is 17.3 Å². The van der Waals surface area contributed by atoms with Gasteiger partial charge in [0.15, 0.2) is 11.4 Å². The normalized spacial score (nSPS) is 12.1. The molecule has 4 aromatic rings. The lowest BCUT2D eigenvalue weighted by Gasteiger charge is -2.10. The summed E-state index contributed by atoms with van der Waals surface area (Å²) in [5, 5.41) is 23.3. The molecule has 35 heavy (non-hydrogen) atoms. The maximum absolute atomic E-state index is 13.4. The van der Waals surface area contributed by atoms with E-state index in [2.05, 4.69) is 16.8 Å². The number of amides is 1. The molecule has 2 aromatic carbocycles. The highest BCUT2D eigenvalue weighted by Gasteiger charge is 2.38. The number of aromatic nitrogens is 3. The van der Waals surface area contributed by atoms with E-state index >= 15 is 0 Å². The number of pyridine rings is 1. The second-order valence-electron chi connectivity index (χ2n) is 7.47. The number of halogens is 3. The standard InChI is InChI=1S/C25H17F3N5O2/c1-32(18-8-5-7-17(13-18)23(34)20-10-2-3-11-30-20)24(35)21-14-22(25(26,27)28)31-33(21)19-9-4-6-16(12-19)15-29/h2-14,23,34H,1H2/q+1. The molecule has 0 aliphatic rings. The molecular formula is C25H17F3N5O2+. The van der Waals surface area contributed by atoms with Gasteiger partial charge in [0.2, 0.25) is 5.69 Å². The minimum Gasteiger partial charge on any atom is -0.382 e. The summed E-state index contributed by atoms with van der Waals surface area (Å²) in [6.07, 6.45) is -4.36. The van der Waals surface area contributed by atoms with E-state index < -0.39 is 29.6 Å². The Morgan fingerprint density at radius 2 is 1.86 bits per heavy atom. The average molecular weight is 476 g/mol. The second-order valence-corrected chi connectivity index (χ2v) is 7.47. The lowest BCUT2D eigenvalue weighted by atomic mass is 10.1. The number of hydrogen-bond donors (Lipinski definition) is 1. The first-order chi connectivity index (χ1) is 16.7. The largest absolute Gasteiger partial charge is 0.443 e. The Labute approximate surface area is 197 Å². The molecule has 1 amide bonds. The molecule has 0 aliphatic carbocycles. The van der Waals surface area contributed by atoms with Crippen molar-refractivity contribution in [2.24, 2.45) is 0 Å².